The summed E-state index contributed by atoms with van der Waals surface area (Å²) in [6.07, 6.45) is 4.46. The van der Waals surface area contributed by atoms with Crippen LogP contribution < -0.4 is 16.0 Å². The number of nitrogens with one attached hydrogen (secondary N) is 1. The molecule has 2 aliphatic heterocycles. The predicted octanol–water partition coefficient (Wildman–Crippen LogP) is 2.49. The number of piperidine rings is 1. The molecular formula is C25H37N5O4S. The molecule has 3 aliphatic rings. The first kappa shape index (κ1) is 25.6. The molecule has 10 heteroatoms. The molecule has 2 heterocycles. The third kappa shape index (κ3) is 5.09. The molecule has 0 bridgehead atoms. The van der Waals surface area contributed by atoms with Crippen LogP contribution in [-0.4, -0.2) is 61.9 Å². The van der Waals surface area contributed by atoms with Gasteiger partial charge in [0.1, 0.15) is 11.4 Å². The quantitative estimate of drug-likeness (QED) is 0.619. The molecular weight excluding hydrogens is 466 g/mol. The molecule has 35 heavy (non-hydrogen) atoms. The van der Waals surface area contributed by atoms with Gasteiger partial charge in [0.2, 0.25) is 10.0 Å². The van der Waals surface area contributed by atoms with Gasteiger partial charge >= 0.3 is 6.03 Å². The zero-order chi connectivity index (χ0) is 25.5. The minimum absolute atomic E-state index is 0.00659. The molecule has 0 aromatic heterocycles. The number of aliphatic imine (C=N–C) groups is 1. The summed E-state index contributed by atoms with van der Waals surface area (Å²) in [6, 6.07) is 3.15. The number of primary amides is 1. The van der Waals surface area contributed by atoms with Crippen LogP contribution in [0, 0.1) is 25.7 Å². The van der Waals surface area contributed by atoms with E-state index in [4.69, 9.17) is 10.7 Å². The van der Waals surface area contributed by atoms with Gasteiger partial charge in [0.25, 0.3) is 5.91 Å². The molecule has 2 atom stereocenters. The number of sulfonamides is 1. The summed E-state index contributed by atoms with van der Waals surface area (Å²) >= 11 is 0. The van der Waals surface area contributed by atoms with Crippen molar-refractivity contribution < 1.29 is 18.0 Å². The van der Waals surface area contributed by atoms with E-state index >= 15 is 0 Å². The second kappa shape index (κ2) is 9.54. The number of hydrogen-bond acceptors (Lipinski definition) is 5. The molecule has 9 nitrogen and oxygen atoms in total. The number of nitrogens with zero attached hydrogens (tertiary/aromatic N) is 3. The Hall–Kier alpha value is -2.46. The average Bonchev–Trinajstić information content (AvgIpc) is 3.36. The minimum Gasteiger partial charge on any atom is -0.351 e. The Kier molecular flexibility index (Phi) is 6.98. The van der Waals surface area contributed by atoms with Gasteiger partial charge in [-0.05, 0) is 87.1 Å². The number of rotatable bonds is 6. The number of aryl methyl sites for hydroxylation is 2. The van der Waals surface area contributed by atoms with Gasteiger partial charge in [-0.1, -0.05) is 6.92 Å². The van der Waals surface area contributed by atoms with Crippen LogP contribution in [0.4, 0.5) is 10.5 Å². The molecule has 192 valence electrons. The van der Waals surface area contributed by atoms with E-state index in [2.05, 4.69) is 12.2 Å². The number of benzene rings is 1. The smallest absolute Gasteiger partial charge is 0.318 e. The van der Waals surface area contributed by atoms with Crippen LogP contribution in [0.15, 0.2) is 17.1 Å². The number of urea groups is 1. The first-order valence-corrected chi connectivity index (χ1v) is 14.0. The number of carbonyl (C=O) groups excluding carboxylic acids is 2. The Balaban J connectivity index is 1.39. The standard InChI is InChI=1S/C25H37N5O4S/c1-16-5-6-19(13-16)22-27-23(31)25(28-22)8-10-30(11-9-25)35(33,34)12-7-21-17(2)14-20(15-18(21)3)29(4)24(26)32/h14-16,19H,5-13H2,1-4H3,(H2,26,32)(H,27,28,31). The van der Waals surface area contributed by atoms with Crippen molar-refractivity contribution in [1.82, 2.24) is 9.62 Å². The maximum Gasteiger partial charge on any atom is 0.318 e. The Morgan fingerprint density at radius 1 is 1.23 bits per heavy atom. The SMILES string of the molecule is Cc1cc(N(C)C(N)=O)cc(C)c1CCS(=O)(=O)N1CCC2(CC1)N=C(C1CCC(C)C1)NC2=O. The summed E-state index contributed by atoms with van der Waals surface area (Å²) in [4.78, 5) is 30.5. The minimum atomic E-state index is -3.49. The summed E-state index contributed by atoms with van der Waals surface area (Å²) in [5.74, 6) is 1.70. The van der Waals surface area contributed by atoms with Crippen molar-refractivity contribution in [3.8, 4) is 0 Å². The third-order valence-electron chi connectivity index (χ3n) is 8.03. The molecule has 0 radical (unpaired) electrons. The van der Waals surface area contributed by atoms with E-state index in [0.29, 0.717) is 49.9 Å². The lowest BCUT2D eigenvalue weighted by Gasteiger charge is -2.34. The lowest BCUT2D eigenvalue weighted by molar-refractivity contribution is -0.125. The topological polar surface area (TPSA) is 125 Å². The van der Waals surface area contributed by atoms with Gasteiger partial charge in [0.15, 0.2) is 0 Å². The maximum absolute atomic E-state index is 13.2. The van der Waals surface area contributed by atoms with E-state index in [1.165, 1.54) is 9.21 Å². The van der Waals surface area contributed by atoms with E-state index in [1.807, 2.05) is 26.0 Å². The third-order valence-corrected chi connectivity index (χ3v) is 9.90. The highest BCUT2D eigenvalue weighted by molar-refractivity contribution is 7.89. The molecule has 1 aliphatic carbocycles. The zero-order valence-electron chi connectivity index (χ0n) is 21.1. The van der Waals surface area contributed by atoms with Crippen LogP contribution in [0.5, 0.6) is 0 Å². The summed E-state index contributed by atoms with van der Waals surface area (Å²) in [5.41, 5.74) is 8.04. The van der Waals surface area contributed by atoms with Gasteiger partial charge < -0.3 is 11.1 Å². The van der Waals surface area contributed by atoms with Crippen molar-refractivity contribution in [2.24, 2.45) is 22.6 Å². The van der Waals surface area contributed by atoms with E-state index in [1.54, 1.807) is 7.05 Å². The number of amides is 3. The summed E-state index contributed by atoms with van der Waals surface area (Å²) in [6.45, 7) is 6.66. The summed E-state index contributed by atoms with van der Waals surface area (Å²) in [5, 5.41) is 3.02. The lowest BCUT2D eigenvalue weighted by Crippen LogP contribution is -2.51. The fourth-order valence-electron chi connectivity index (χ4n) is 5.71. The van der Waals surface area contributed by atoms with E-state index in [0.717, 1.165) is 41.8 Å². The number of anilines is 1. The van der Waals surface area contributed by atoms with Gasteiger partial charge in [-0.25, -0.2) is 17.5 Å². The van der Waals surface area contributed by atoms with Crippen LogP contribution in [0.1, 0.15) is 55.7 Å². The monoisotopic (exact) mass is 503 g/mol. The molecule has 1 aromatic rings. The summed E-state index contributed by atoms with van der Waals surface area (Å²) < 4.78 is 27.8. The highest BCUT2D eigenvalue weighted by Gasteiger charge is 2.48. The summed E-state index contributed by atoms with van der Waals surface area (Å²) in [7, 11) is -1.88. The first-order chi connectivity index (χ1) is 16.4. The van der Waals surface area contributed by atoms with Crippen LogP contribution in [0.2, 0.25) is 0 Å². The van der Waals surface area contributed by atoms with Crippen LogP contribution in [0.25, 0.3) is 0 Å². The van der Waals surface area contributed by atoms with E-state index < -0.39 is 21.6 Å². The second-order valence-electron chi connectivity index (χ2n) is 10.5. The molecule has 1 spiro atoms. The van der Waals surface area contributed by atoms with Crippen molar-refractivity contribution >= 4 is 33.5 Å². The Bertz CT molecular complexity index is 1130. The number of nitrogens with two attached hydrogens (primary N) is 1. The van der Waals surface area contributed by atoms with Crippen LogP contribution in [0.3, 0.4) is 0 Å². The average molecular weight is 504 g/mol. The lowest BCUT2D eigenvalue weighted by atomic mass is 9.89. The van der Waals surface area contributed by atoms with Crippen molar-refractivity contribution in [2.75, 3.05) is 30.8 Å². The molecule has 3 N–H and O–H groups in total. The Labute approximate surface area is 208 Å². The van der Waals surface area contributed by atoms with Crippen molar-refractivity contribution in [3.63, 3.8) is 0 Å². The van der Waals surface area contributed by atoms with Crippen molar-refractivity contribution in [1.29, 1.82) is 0 Å². The van der Waals surface area contributed by atoms with Gasteiger partial charge in [0.05, 0.1) is 5.75 Å². The predicted molar refractivity (Wildman–Crippen MR) is 137 cm³/mol. The molecule has 1 aromatic carbocycles. The van der Waals surface area contributed by atoms with Crippen LogP contribution >= 0.6 is 0 Å². The number of amidine groups is 1. The fourth-order valence-corrected chi connectivity index (χ4v) is 7.17. The van der Waals surface area contributed by atoms with Gasteiger partial charge in [0, 0.05) is 31.7 Å². The second-order valence-corrected chi connectivity index (χ2v) is 12.6. The van der Waals surface area contributed by atoms with E-state index in [9.17, 15) is 18.0 Å². The first-order valence-electron chi connectivity index (χ1n) is 12.4. The normalized spacial score (nSPS) is 24.5. The Morgan fingerprint density at radius 3 is 2.40 bits per heavy atom. The molecule has 1 saturated heterocycles. The largest absolute Gasteiger partial charge is 0.351 e. The zero-order valence-corrected chi connectivity index (χ0v) is 22.0. The molecule has 4 rings (SSSR count). The highest BCUT2D eigenvalue weighted by Crippen LogP contribution is 2.37. The number of carbonyl (C=O) groups is 2. The Morgan fingerprint density at radius 2 is 1.86 bits per heavy atom. The molecule has 2 unspecified atom stereocenters. The number of hydrogen-bond donors (Lipinski definition) is 2. The van der Waals surface area contributed by atoms with Crippen molar-refractivity contribution in [3.05, 3.63) is 28.8 Å². The van der Waals surface area contributed by atoms with Gasteiger partial charge in [-0.2, -0.15) is 0 Å². The van der Waals surface area contributed by atoms with Crippen LogP contribution in [-0.2, 0) is 21.2 Å². The van der Waals surface area contributed by atoms with Crippen molar-refractivity contribution in [2.45, 2.75) is 64.8 Å². The molecule has 1 saturated carbocycles. The maximum atomic E-state index is 13.2. The molecule has 3 amide bonds. The van der Waals surface area contributed by atoms with Gasteiger partial charge in [-0.3, -0.25) is 14.7 Å². The van der Waals surface area contributed by atoms with Gasteiger partial charge in [-0.15, -0.1) is 0 Å². The molecule has 2 fully saturated rings. The van der Waals surface area contributed by atoms with E-state index in [-0.39, 0.29) is 11.7 Å². The fraction of sp³-hybridized carbons (Fsp3) is 0.640. The highest BCUT2D eigenvalue weighted by atomic mass is 32.2.